The SMILES string of the molecule is COc1cc(C(C)NC(=O)c2sc(NC(=O)c3ccco3)cc2C)ccc1OCC(C)C. The van der Waals surface area contributed by atoms with Gasteiger partial charge in [0.25, 0.3) is 11.8 Å². The second-order valence-electron chi connectivity index (χ2n) is 7.86. The van der Waals surface area contributed by atoms with Crippen molar-refractivity contribution in [1.82, 2.24) is 5.32 Å². The summed E-state index contributed by atoms with van der Waals surface area (Å²) < 4.78 is 16.4. The van der Waals surface area contributed by atoms with Crippen molar-refractivity contribution in [2.24, 2.45) is 5.92 Å². The van der Waals surface area contributed by atoms with Crippen molar-refractivity contribution in [2.45, 2.75) is 33.7 Å². The average Bonchev–Trinajstić information content (AvgIpc) is 3.42. The molecule has 1 aromatic carbocycles. The van der Waals surface area contributed by atoms with Gasteiger partial charge < -0.3 is 24.5 Å². The van der Waals surface area contributed by atoms with Crippen molar-refractivity contribution >= 4 is 28.2 Å². The fourth-order valence-electron chi connectivity index (χ4n) is 3.03. The maximum Gasteiger partial charge on any atom is 0.291 e. The van der Waals surface area contributed by atoms with Crippen LogP contribution >= 0.6 is 11.3 Å². The molecule has 1 unspecified atom stereocenters. The molecule has 0 bridgehead atoms. The van der Waals surface area contributed by atoms with Crippen LogP contribution in [0, 0.1) is 12.8 Å². The lowest BCUT2D eigenvalue weighted by molar-refractivity contribution is 0.0942. The molecule has 0 radical (unpaired) electrons. The highest BCUT2D eigenvalue weighted by atomic mass is 32.1. The number of amides is 2. The smallest absolute Gasteiger partial charge is 0.291 e. The monoisotopic (exact) mass is 456 g/mol. The van der Waals surface area contributed by atoms with Gasteiger partial charge in [0.15, 0.2) is 17.3 Å². The lowest BCUT2D eigenvalue weighted by Crippen LogP contribution is -2.26. The number of rotatable bonds is 9. The molecule has 0 saturated heterocycles. The van der Waals surface area contributed by atoms with Crippen LogP contribution in [0.1, 0.15) is 58.2 Å². The van der Waals surface area contributed by atoms with Crippen LogP contribution in [0.15, 0.2) is 47.1 Å². The van der Waals surface area contributed by atoms with Gasteiger partial charge in [-0.05, 0) is 61.2 Å². The fourth-order valence-corrected chi connectivity index (χ4v) is 4.00. The number of nitrogens with one attached hydrogen (secondary N) is 2. The maximum atomic E-state index is 12.9. The number of carbonyl (C=O) groups excluding carboxylic acids is 2. The van der Waals surface area contributed by atoms with E-state index in [2.05, 4.69) is 24.5 Å². The molecule has 0 aliphatic rings. The molecule has 2 aromatic heterocycles. The predicted molar refractivity (Wildman–Crippen MR) is 125 cm³/mol. The summed E-state index contributed by atoms with van der Waals surface area (Å²) in [6, 6.07) is 10.4. The number of ether oxygens (including phenoxy) is 2. The van der Waals surface area contributed by atoms with Crippen molar-refractivity contribution in [1.29, 1.82) is 0 Å². The Labute approximate surface area is 191 Å². The van der Waals surface area contributed by atoms with E-state index in [0.29, 0.717) is 33.9 Å². The summed E-state index contributed by atoms with van der Waals surface area (Å²) in [4.78, 5) is 25.6. The molecule has 2 amide bonds. The summed E-state index contributed by atoms with van der Waals surface area (Å²) in [5.41, 5.74) is 1.68. The summed E-state index contributed by atoms with van der Waals surface area (Å²) in [6.07, 6.45) is 1.44. The Hall–Kier alpha value is -3.26. The first kappa shape index (κ1) is 23.4. The van der Waals surface area contributed by atoms with Crippen molar-refractivity contribution in [2.75, 3.05) is 19.0 Å². The first-order valence-electron chi connectivity index (χ1n) is 10.3. The second-order valence-corrected chi connectivity index (χ2v) is 8.92. The molecule has 2 heterocycles. The molecule has 3 rings (SSSR count). The van der Waals surface area contributed by atoms with Gasteiger partial charge in [0, 0.05) is 0 Å². The Bertz CT molecular complexity index is 1070. The number of hydrogen-bond acceptors (Lipinski definition) is 6. The van der Waals surface area contributed by atoms with E-state index in [-0.39, 0.29) is 23.6 Å². The van der Waals surface area contributed by atoms with Crippen LogP contribution < -0.4 is 20.1 Å². The van der Waals surface area contributed by atoms with Crippen LogP contribution in [0.2, 0.25) is 0 Å². The van der Waals surface area contributed by atoms with Crippen LogP contribution in [0.25, 0.3) is 0 Å². The van der Waals surface area contributed by atoms with Crippen molar-refractivity contribution in [3.8, 4) is 11.5 Å². The summed E-state index contributed by atoms with van der Waals surface area (Å²) >= 11 is 1.22. The third-order valence-corrected chi connectivity index (χ3v) is 5.86. The zero-order valence-electron chi connectivity index (χ0n) is 18.9. The third-order valence-electron chi connectivity index (χ3n) is 4.71. The number of benzene rings is 1. The molecule has 32 heavy (non-hydrogen) atoms. The van der Waals surface area contributed by atoms with Crippen LogP contribution in [0.3, 0.4) is 0 Å². The highest BCUT2D eigenvalue weighted by molar-refractivity contribution is 7.18. The average molecular weight is 457 g/mol. The quantitative estimate of drug-likeness (QED) is 0.448. The highest BCUT2D eigenvalue weighted by Gasteiger charge is 2.19. The lowest BCUT2D eigenvalue weighted by atomic mass is 10.1. The van der Waals surface area contributed by atoms with Gasteiger partial charge in [-0.25, -0.2) is 0 Å². The Morgan fingerprint density at radius 2 is 1.88 bits per heavy atom. The number of aryl methyl sites for hydroxylation is 1. The molecule has 1 atom stereocenters. The molecular weight excluding hydrogens is 428 g/mol. The number of carbonyl (C=O) groups is 2. The largest absolute Gasteiger partial charge is 0.493 e. The topological polar surface area (TPSA) is 89.8 Å². The predicted octanol–water partition coefficient (Wildman–Crippen LogP) is 5.44. The second kappa shape index (κ2) is 10.4. The minimum Gasteiger partial charge on any atom is -0.493 e. The first-order valence-corrected chi connectivity index (χ1v) is 11.2. The van der Waals surface area contributed by atoms with Gasteiger partial charge >= 0.3 is 0 Å². The minimum absolute atomic E-state index is 0.211. The Balaban J connectivity index is 1.67. The molecule has 170 valence electrons. The summed E-state index contributed by atoms with van der Waals surface area (Å²) in [6.45, 7) is 8.50. The van der Waals surface area contributed by atoms with Crippen LogP contribution in [0.4, 0.5) is 5.00 Å². The highest BCUT2D eigenvalue weighted by Crippen LogP contribution is 2.32. The van der Waals surface area contributed by atoms with Crippen LogP contribution in [-0.4, -0.2) is 25.5 Å². The minimum atomic E-state index is -0.358. The lowest BCUT2D eigenvalue weighted by Gasteiger charge is -2.17. The maximum absolute atomic E-state index is 12.9. The molecule has 0 spiro atoms. The number of furan rings is 1. The Morgan fingerprint density at radius 1 is 1.09 bits per heavy atom. The fraction of sp³-hybridized carbons (Fsp3) is 0.333. The van der Waals surface area contributed by atoms with Gasteiger partial charge in [0.05, 0.1) is 35.9 Å². The number of thiophene rings is 1. The number of anilines is 1. The molecule has 8 heteroatoms. The van der Waals surface area contributed by atoms with E-state index in [1.54, 1.807) is 25.3 Å². The molecule has 3 aromatic rings. The Morgan fingerprint density at radius 3 is 2.53 bits per heavy atom. The van der Waals surface area contributed by atoms with Gasteiger partial charge in [0.2, 0.25) is 0 Å². The van der Waals surface area contributed by atoms with E-state index in [1.807, 2.05) is 32.0 Å². The number of methoxy groups -OCH3 is 1. The molecule has 0 aliphatic carbocycles. The molecule has 0 aliphatic heterocycles. The van der Waals surface area contributed by atoms with Gasteiger partial charge in [0.1, 0.15) is 0 Å². The van der Waals surface area contributed by atoms with E-state index in [4.69, 9.17) is 13.9 Å². The van der Waals surface area contributed by atoms with Gasteiger partial charge in [-0.2, -0.15) is 0 Å². The van der Waals surface area contributed by atoms with Gasteiger partial charge in [-0.15, -0.1) is 11.3 Å². The zero-order chi connectivity index (χ0) is 23.3. The van der Waals surface area contributed by atoms with E-state index in [1.165, 1.54) is 17.6 Å². The van der Waals surface area contributed by atoms with Crippen molar-refractivity contribution in [3.63, 3.8) is 0 Å². The van der Waals surface area contributed by atoms with E-state index in [0.717, 1.165) is 11.1 Å². The number of hydrogen-bond donors (Lipinski definition) is 2. The summed E-state index contributed by atoms with van der Waals surface area (Å²) in [7, 11) is 1.60. The van der Waals surface area contributed by atoms with Crippen molar-refractivity contribution < 1.29 is 23.5 Å². The molecule has 0 fully saturated rings. The molecule has 0 saturated carbocycles. The van der Waals surface area contributed by atoms with Crippen molar-refractivity contribution in [3.05, 3.63) is 64.4 Å². The van der Waals surface area contributed by atoms with Crippen LogP contribution in [-0.2, 0) is 0 Å². The normalized spacial score (nSPS) is 11.8. The summed E-state index contributed by atoms with van der Waals surface area (Å²) in [5, 5.41) is 6.35. The van der Waals surface area contributed by atoms with E-state index < -0.39 is 0 Å². The van der Waals surface area contributed by atoms with Gasteiger partial charge in [-0.3, -0.25) is 9.59 Å². The first-order chi connectivity index (χ1) is 15.3. The molecule has 7 nitrogen and oxygen atoms in total. The zero-order valence-corrected chi connectivity index (χ0v) is 19.7. The van der Waals surface area contributed by atoms with Gasteiger partial charge in [-0.1, -0.05) is 19.9 Å². The van der Waals surface area contributed by atoms with E-state index in [9.17, 15) is 9.59 Å². The molecule has 2 N–H and O–H groups in total. The van der Waals surface area contributed by atoms with E-state index >= 15 is 0 Å². The third kappa shape index (κ3) is 5.70. The Kier molecular flexibility index (Phi) is 7.58. The summed E-state index contributed by atoms with van der Waals surface area (Å²) in [5.74, 6) is 1.35. The van der Waals surface area contributed by atoms with Crippen LogP contribution in [0.5, 0.6) is 11.5 Å². The standard InChI is InChI=1S/C24H28N2O5S/c1-14(2)13-31-18-9-8-17(12-20(18)29-5)16(4)25-24(28)22-15(3)11-21(32-22)26-23(27)19-7-6-10-30-19/h6-12,14,16H,13H2,1-5H3,(H,25,28)(H,26,27). The molecular formula is C24H28N2O5S.